The molecule has 1 rings (SSSR count). The van der Waals surface area contributed by atoms with Crippen molar-refractivity contribution in [3.8, 4) is 6.07 Å². The Kier molecular flexibility index (Phi) is 2.67. The van der Waals surface area contributed by atoms with Gasteiger partial charge in [-0.05, 0) is 17.4 Å². The molecular weight excluding hydrogens is 154 g/mol. The first-order valence-electron chi connectivity index (χ1n) is 3.68. The highest BCUT2D eigenvalue weighted by atomic mass is 32.1. The molecule has 0 radical (unpaired) electrons. The van der Waals surface area contributed by atoms with Crippen LogP contribution in [0.2, 0.25) is 0 Å². The Labute approximate surface area is 71.3 Å². The lowest BCUT2D eigenvalue weighted by atomic mass is 9.96. The van der Waals surface area contributed by atoms with Crippen LogP contribution in [0.15, 0.2) is 17.5 Å². The molecule has 2 heteroatoms. The van der Waals surface area contributed by atoms with Crippen LogP contribution in [0.25, 0.3) is 0 Å². The number of thiophene rings is 1. The van der Waals surface area contributed by atoms with Gasteiger partial charge >= 0.3 is 0 Å². The van der Waals surface area contributed by atoms with E-state index in [2.05, 4.69) is 19.9 Å². The first-order chi connectivity index (χ1) is 5.25. The third kappa shape index (κ3) is 1.81. The number of hydrogen-bond donors (Lipinski definition) is 0. The minimum atomic E-state index is 0.0787. The minimum absolute atomic E-state index is 0.0787. The van der Waals surface area contributed by atoms with Crippen LogP contribution < -0.4 is 0 Å². The molecule has 0 saturated carbocycles. The van der Waals surface area contributed by atoms with E-state index in [1.165, 1.54) is 4.88 Å². The van der Waals surface area contributed by atoms with Gasteiger partial charge in [-0.2, -0.15) is 5.26 Å². The number of nitrogens with zero attached hydrogens (tertiary/aromatic N) is 1. The van der Waals surface area contributed by atoms with Crippen LogP contribution in [0.1, 0.15) is 24.6 Å². The van der Waals surface area contributed by atoms with Crippen LogP contribution in [0, 0.1) is 17.2 Å². The van der Waals surface area contributed by atoms with Gasteiger partial charge in [0.05, 0.1) is 12.0 Å². The molecule has 1 nitrogen and oxygen atoms in total. The summed E-state index contributed by atoms with van der Waals surface area (Å²) in [4.78, 5) is 1.18. The Morgan fingerprint density at radius 3 is 2.64 bits per heavy atom. The summed E-state index contributed by atoms with van der Waals surface area (Å²) in [5.41, 5.74) is 0. The molecule has 0 bridgehead atoms. The fourth-order valence-electron chi connectivity index (χ4n) is 1.01. The van der Waals surface area contributed by atoms with Gasteiger partial charge in [-0.1, -0.05) is 19.9 Å². The second-order valence-electron chi connectivity index (χ2n) is 2.87. The average Bonchev–Trinajstić information content (AvgIpc) is 2.40. The Bertz CT molecular complexity index is 243. The van der Waals surface area contributed by atoms with Crippen LogP contribution in [-0.4, -0.2) is 0 Å². The topological polar surface area (TPSA) is 23.8 Å². The highest BCUT2D eigenvalue weighted by molar-refractivity contribution is 7.10. The fraction of sp³-hybridized carbons (Fsp3) is 0.444. The Hall–Kier alpha value is -0.810. The molecule has 0 aromatic carbocycles. The summed E-state index contributed by atoms with van der Waals surface area (Å²) in [6.45, 7) is 4.15. The van der Waals surface area contributed by atoms with Crippen molar-refractivity contribution >= 4 is 11.3 Å². The van der Waals surface area contributed by atoms with Crippen LogP contribution in [0.5, 0.6) is 0 Å². The van der Waals surface area contributed by atoms with Gasteiger partial charge in [-0.15, -0.1) is 11.3 Å². The van der Waals surface area contributed by atoms with Gasteiger partial charge in [0.15, 0.2) is 0 Å². The summed E-state index contributed by atoms with van der Waals surface area (Å²) in [6, 6.07) is 6.33. The van der Waals surface area contributed by atoms with Crippen molar-refractivity contribution < 1.29 is 0 Å². The quantitative estimate of drug-likeness (QED) is 0.660. The van der Waals surface area contributed by atoms with Crippen molar-refractivity contribution in [2.45, 2.75) is 19.8 Å². The highest BCUT2D eigenvalue weighted by Gasteiger charge is 2.14. The zero-order valence-corrected chi connectivity index (χ0v) is 7.56. The lowest BCUT2D eigenvalue weighted by molar-refractivity contribution is 0.594. The second kappa shape index (κ2) is 3.54. The molecule has 0 aliphatic heterocycles. The molecule has 0 fully saturated rings. The van der Waals surface area contributed by atoms with Gasteiger partial charge in [-0.3, -0.25) is 0 Å². The van der Waals surface area contributed by atoms with Crippen molar-refractivity contribution in [1.82, 2.24) is 0 Å². The van der Waals surface area contributed by atoms with Gasteiger partial charge in [-0.25, -0.2) is 0 Å². The van der Waals surface area contributed by atoms with E-state index in [4.69, 9.17) is 5.26 Å². The van der Waals surface area contributed by atoms with Gasteiger partial charge in [0.1, 0.15) is 0 Å². The lowest BCUT2D eigenvalue weighted by Gasteiger charge is -2.09. The molecule has 11 heavy (non-hydrogen) atoms. The molecule has 0 aliphatic rings. The molecule has 1 unspecified atom stereocenters. The van der Waals surface area contributed by atoms with Crippen molar-refractivity contribution in [3.05, 3.63) is 22.4 Å². The van der Waals surface area contributed by atoms with E-state index in [9.17, 15) is 0 Å². The summed E-state index contributed by atoms with van der Waals surface area (Å²) >= 11 is 1.66. The maximum absolute atomic E-state index is 8.82. The molecule has 1 aromatic heterocycles. The van der Waals surface area contributed by atoms with E-state index in [0.717, 1.165) is 0 Å². The predicted molar refractivity (Wildman–Crippen MR) is 47.5 cm³/mol. The standard InChI is InChI=1S/C9H11NS/c1-7(2)8(6-10)9-4-3-5-11-9/h3-5,7-8H,1-2H3. The zero-order chi connectivity index (χ0) is 8.27. The molecule has 1 heterocycles. The van der Waals surface area contributed by atoms with E-state index in [1.54, 1.807) is 11.3 Å². The normalized spacial score (nSPS) is 12.9. The van der Waals surface area contributed by atoms with Crippen LogP contribution in [-0.2, 0) is 0 Å². The van der Waals surface area contributed by atoms with E-state index in [1.807, 2.05) is 17.5 Å². The van der Waals surface area contributed by atoms with Gasteiger partial charge in [0.2, 0.25) is 0 Å². The van der Waals surface area contributed by atoms with Gasteiger partial charge in [0, 0.05) is 4.88 Å². The molecule has 0 N–H and O–H groups in total. The maximum Gasteiger partial charge on any atom is 0.0828 e. The Balaban J connectivity index is 2.82. The molecule has 0 amide bonds. The first-order valence-corrected chi connectivity index (χ1v) is 4.56. The van der Waals surface area contributed by atoms with E-state index in [0.29, 0.717) is 5.92 Å². The molecule has 58 valence electrons. The Morgan fingerprint density at radius 1 is 1.55 bits per heavy atom. The van der Waals surface area contributed by atoms with Crippen molar-refractivity contribution in [2.75, 3.05) is 0 Å². The second-order valence-corrected chi connectivity index (χ2v) is 3.85. The summed E-state index contributed by atoms with van der Waals surface area (Å²) in [5.74, 6) is 0.494. The van der Waals surface area contributed by atoms with Gasteiger partial charge in [0.25, 0.3) is 0 Å². The molecule has 0 saturated heterocycles. The fourth-order valence-corrected chi connectivity index (χ4v) is 1.95. The van der Waals surface area contributed by atoms with E-state index >= 15 is 0 Å². The molecular formula is C9H11NS. The number of hydrogen-bond acceptors (Lipinski definition) is 2. The summed E-state index contributed by atoms with van der Waals surface area (Å²) in [6.07, 6.45) is 0. The molecule has 0 aliphatic carbocycles. The summed E-state index contributed by atoms with van der Waals surface area (Å²) < 4.78 is 0. The van der Waals surface area contributed by atoms with Gasteiger partial charge < -0.3 is 0 Å². The third-order valence-electron chi connectivity index (χ3n) is 1.66. The van der Waals surface area contributed by atoms with Crippen LogP contribution in [0.4, 0.5) is 0 Å². The monoisotopic (exact) mass is 165 g/mol. The Morgan fingerprint density at radius 2 is 2.27 bits per heavy atom. The van der Waals surface area contributed by atoms with Crippen LogP contribution in [0.3, 0.4) is 0 Å². The van der Waals surface area contributed by atoms with Crippen molar-refractivity contribution in [3.63, 3.8) is 0 Å². The average molecular weight is 165 g/mol. The first kappa shape index (κ1) is 8.29. The van der Waals surface area contributed by atoms with Crippen molar-refractivity contribution in [2.24, 2.45) is 5.92 Å². The van der Waals surface area contributed by atoms with E-state index < -0.39 is 0 Å². The lowest BCUT2D eigenvalue weighted by Crippen LogP contribution is -2.01. The number of rotatable bonds is 2. The highest BCUT2D eigenvalue weighted by Crippen LogP contribution is 2.26. The third-order valence-corrected chi connectivity index (χ3v) is 2.61. The number of nitriles is 1. The SMILES string of the molecule is CC(C)C(C#N)c1cccs1. The minimum Gasteiger partial charge on any atom is -0.198 e. The molecule has 1 aromatic rings. The van der Waals surface area contributed by atoms with Crippen molar-refractivity contribution in [1.29, 1.82) is 5.26 Å². The van der Waals surface area contributed by atoms with E-state index in [-0.39, 0.29) is 5.92 Å². The molecule has 1 atom stereocenters. The summed E-state index contributed by atoms with van der Waals surface area (Å²) in [7, 11) is 0. The summed E-state index contributed by atoms with van der Waals surface area (Å²) in [5, 5.41) is 10.8. The zero-order valence-electron chi connectivity index (χ0n) is 6.74. The molecule has 0 spiro atoms. The van der Waals surface area contributed by atoms with Crippen LogP contribution >= 0.6 is 11.3 Å². The largest absolute Gasteiger partial charge is 0.198 e. The maximum atomic E-state index is 8.82. The predicted octanol–water partition coefficient (Wildman–Crippen LogP) is 3.01. The smallest absolute Gasteiger partial charge is 0.0828 e.